The molecule has 22 heavy (non-hydrogen) atoms. The Bertz CT molecular complexity index is 464. The summed E-state index contributed by atoms with van der Waals surface area (Å²) in [6, 6.07) is 4.29. The van der Waals surface area contributed by atoms with Crippen molar-refractivity contribution in [1.29, 1.82) is 0 Å². The monoisotopic (exact) mass is 345 g/mol. The highest BCUT2D eigenvalue weighted by Gasteiger charge is 2.36. The van der Waals surface area contributed by atoms with E-state index in [1.807, 2.05) is 13.0 Å². The van der Waals surface area contributed by atoms with E-state index in [9.17, 15) is 4.79 Å². The molecule has 0 bridgehead atoms. The third-order valence-electron chi connectivity index (χ3n) is 4.52. The lowest BCUT2D eigenvalue weighted by Crippen LogP contribution is -2.57. The Kier molecular flexibility index (Phi) is 7.32. The van der Waals surface area contributed by atoms with Gasteiger partial charge in [0.2, 0.25) is 5.91 Å². The van der Waals surface area contributed by atoms with Crippen molar-refractivity contribution in [2.75, 3.05) is 19.6 Å². The van der Waals surface area contributed by atoms with Crippen LogP contribution in [0.4, 0.5) is 0 Å². The number of nitrogens with zero attached hydrogens (tertiary/aromatic N) is 1. The number of carbonyl (C=O) groups excluding carboxylic acids is 1. The summed E-state index contributed by atoms with van der Waals surface area (Å²) in [7, 11) is 0. The number of likely N-dealkylation sites (tertiary alicyclic amines) is 1. The number of halogens is 1. The molecule has 1 aromatic rings. The van der Waals surface area contributed by atoms with Crippen molar-refractivity contribution in [3.8, 4) is 0 Å². The summed E-state index contributed by atoms with van der Waals surface area (Å²) in [6.07, 6.45) is 1.87. The van der Waals surface area contributed by atoms with Crippen molar-refractivity contribution in [1.82, 2.24) is 10.2 Å². The number of nitrogens with two attached hydrogens (primary N) is 1. The molecule has 6 heteroatoms. The van der Waals surface area contributed by atoms with Crippen LogP contribution in [0.25, 0.3) is 0 Å². The Morgan fingerprint density at radius 1 is 1.59 bits per heavy atom. The van der Waals surface area contributed by atoms with Gasteiger partial charge < -0.3 is 11.1 Å². The number of thiophene rings is 1. The maximum absolute atomic E-state index is 12.3. The molecule has 0 radical (unpaired) electrons. The molecule has 0 saturated carbocycles. The quantitative estimate of drug-likeness (QED) is 0.860. The first-order valence-electron chi connectivity index (χ1n) is 7.70. The maximum Gasteiger partial charge on any atom is 0.237 e. The predicted molar refractivity (Wildman–Crippen MR) is 95.7 cm³/mol. The van der Waals surface area contributed by atoms with Crippen molar-refractivity contribution < 1.29 is 4.79 Å². The van der Waals surface area contributed by atoms with E-state index < -0.39 is 0 Å². The van der Waals surface area contributed by atoms with Gasteiger partial charge >= 0.3 is 0 Å². The molecule has 1 saturated heterocycles. The van der Waals surface area contributed by atoms with E-state index >= 15 is 0 Å². The molecule has 1 fully saturated rings. The highest BCUT2D eigenvalue weighted by Crippen LogP contribution is 2.28. The molecule has 1 aliphatic rings. The van der Waals surface area contributed by atoms with Gasteiger partial charge in [0.1, 0.15) is 0 Å². The Hall–Kier alpha value is -0.620. The number of rotatable bonds is 5. The molecule has 0 aliphatic carbocycles. The van der Waals surface area contributed by atoms with Crippen molar-refractivity contribution in [3.05, 3.63) is 22.4 Å². The zero-order valence-corrected chi connectivity index (χ0v) is 15.3. The first-order valence-corrected chi connectivity index (χ1v) is 8.58. The van der Waals surface area contributed by atoms with Gasteiger partial charge in [-0.15, -0.1) is 23.7 Å². The summed E-state index contributed by atoms with van der Waals surface area (Å²) in [4.78, 5) is 15.8. The SMILES string of the molecule is CC(C(=O)NCCc1cccs1)N1CCC(N)C(C)(C)C1.Cl. The Balaban J connectivity index is 0.00000242. The molecule has 2 rings (SSSR count). The molecule has 0 spiro atoms. The van der Waals surface area contributed by atoms with Crippen molar-refractivity contribution in [3.63, 3.8) is 0 Å². The number of hydrogen-bond acceptors (Lipinski definition) is 4. The van der Waals surface area contributed by atoms with Crippen LogP contribution in [0.2, 0.25) is 0 Å². The minimum atomic E-state index is -0.0832. The fourth-order valence-electron chi connectivity index (χ4n) is 2.82. The molecule has 4 nitrogen and oxygen atoms in total. The fourth-order valence-corrected chi connectivity index (χ4v) is 3.53. The first-order chi connectivity index (χ1) is 9.90. The van der Waals surface area contributed by atoms with Crippen LogP contribution in [0.15, 0.2) is 17.5 Å². The summed E-state index contributed by atoms with van der Waals surface area (Å²) in [5, 5.41) is 5.12. The topological polar surface area (TPSA) is 58.4 Å². The Morgan fingerprint density at radius 2 is 2.32 bits per heavy atom. The van der Waals surface area contributed by atoms with Gasteiger partial charge in [-0.1, -0.05) is 19.9 Å². The van der Waals surface area contributed by atoms with Crippen LogP contribution < -0.4 is 11.1 Å². The van der Waals surface area contributed by atoms with Crippen molar-refractivity contribution in [2.45, 2.75) is 45.7 Å². The van der Waals surface area contributed by atoms with Crippen LogP contribution >= 0.6 is 23.7 Å². The largest absolute Gasteiger partial charge is 0.354 e. The van der Waals surface area contributed by atoms with Gasteiger partial charge in [-0.25, -0.2) is 0 Å². The summed E-state index contributed by atoms with van der Waals surface area (Å²) < 4.78 is 0. The van der Waals surface area contributed by atoms with Crippen LogP contribution in [-0.4, -0.2) is 42.5 Å². The molecule has 0 aromatic carbocycles. The van der Waals surface area contributed by atoms with Crippen molar-refractivity contribution in [2.24, 2.45) is 11.1 Å². The molecular weight excluding hydrogens is 318 g/mol. The highest BCUT2D eigenvalue weighted by atomic mass is 35.5. The third kappa shape index (κ3) is 4.95. The van der Waals surface area contributed by atoms with Crippen LogP contribution in [-0.2, 0) is 11.2 Å². The molecular formula is C16H28ClN3OS. The lowest BCUT2D eigenvalue weighted by atomic mass is 9.79. The van der Waals surface area contributed by atoms with E-state index in [4.69, 9.17) is 5.73 Å². The van der Waals surface area contributed by atoms with Gasteiger partial charge in [-0.2, -0.15) is 0 Å². The second-order valence-corrected chi connectivity index (χ2v) is 7.68. The predicted octanol–water partition coefficient (Wildman–Crippen LogP) is 2.28. The van der Waals surface area contributed by atoms with Crippen LogP contribution in [0.1, 0.15) is 32.1 Å². The van der Waals surface area contributed by atoms with Crippen LogP contribution in [0.5, 0.6) is 0 Å². The summed E-state index contributed by atoms with van der Waals surface area (Å²) in [6.45, 7) is 8.86. The van der Waals surface area contributed by atoms with Gasteiger partial charge in [0, 0.05) is 30.6 Å². The van der Waals surface area contributed by atoms with E-state index in [0.717, 1.165) is 25.9 Å². The minimum Gasteiger partial charge on any atom is -0.354 e. The van der Waals surface area contributed by atoms with Gasteiger partial charge in [0.25, 0.3) is 0 Å². The molecule has 2 atom stereocenters. The van der Waals surface area contributed by atoms with E-state index in [0.29, 0.717) is 6.54 Å². The molecule has 2 heterocycles. The molecule has 1 amide bonds. The average molecular weight is 346 g/mol. The third-order valence-corrected chi connectivity index (χ3v) is 5.46. The molecule has 1 aromatic heterocycles. The van der Waals surface area contributed by atoms with E-state index in [2.05, 4.69) is 35.5 Å². The van der Waals surface area contributed by atoms with E-state index in [-0.39, 0.29) is 35.8 Å². The second kappa shape index (κ2) is 8.29. The summed E-state index contributed by atoms with van der Waals surface area (Å²) >= 11 is 1.74. The van der Waals surface area contributed by atoms with Crippen molar-refractivity contribution >= 4 is 29.7 Å². The molecule has 3 N–H and O–H groups in total. The van der Waals surface area contributed by atoms with Crippen LogP contribution in [0, 0.1) is 5.41 Å². The van der Waals surface area contributed by atoms with Gasteiger partial charge in [-0.3, -0.25) is 9.69 Å². The summed E-state index contributed by atoms with van der Waals surface area (Å²) in [5.74, 6) is 0.123. The van der Waals surface area contributed by atoms with Gasteiger partial charge in [0.15, 0.2) is 0 Å². The van der Waals surface area contributed by atoms with E-state index in [1.165, 1.54) is 4.88 Å². The Labute approximate surface area is 143 Å². The van der Waals surface area contributed by atoms with E-state index in [1.54, 1.807) is 11.3 Å². The Morgan fingerprint density at radius 3 is 2.91 bits per heavy atom. The average Bonchev–Trinajstić information content (AvgIpc) is 2.94. The zero-order chi connectivity index (χ0) is 15.5. The molecule has 1 aliphatic heterocycles. The number of carbonyl (C=O) groups is 1. The smallest absolute Gasteiger partial charge is 0.237 e. The summed E-state index contributed by atoms with van der Waals surface area (Å²) in [5.41, 5.74) is 6.23. The number of hydrogen-bond donors (Lipinski definition) is 2. The standard InChI is InChI=1S/C16H27N3OS.ClH/c1-12(19-9-7-14(17)16(2,3)11-19)15(20)18-8-6-13-5-4-10-21-13;/h4-5,10,12,14H,6-9,11,17H2,1-3H3,(H,18,20);1H. The van der Waals surface area contributed by atoms with Gasteiger partial charge in [-0.05, 0) is 36.6 Å². The number of amides is 1. The lowest BCUT2D eigenvalue weighted by molar-refractivity contribution is -0.127. The first kappa shape index (κ1) is 19.4. The van der Waals surface area contributed by atoms with Crippen LogP contribution in [0.3, 0.4) is 0 Å². The fraction of sp³-hybridized carbons (Fsp3) is 0.688. The second-order valence-electron chi connectivity index (χ2n) is 6.65. The minimum absolute atomic E-state index is 0. The zero-order valence-electron chi connectivity index (χ0n) is 13.7. The maximum atomic E-state index is 12.3. The highest BCUT2D eigenvalue weighted by molar-refractivity contribution is 7.09. The normalized spacial score (nSPS) is 22.6. The molecule has 2 unspecified atom stereocenters. The number of nitrogens with one attached hydrogen (secondary N) is 1. The number of piperidine rings is 1. The molecule has 126 valence electrons. The lowest BCUT2D eigenvalue weighted by Gasteiger charge is -2.44. The van der Waals surface area contributed by atoms with Gasteiger partial charge in [0.05, 0.1) is 6.04 Å².